The third-order valence-corrected chi connectivity index (χ3v) is 6.04. The lowest BCUT2D eigenvalue weighted by Crippen LogP contribution is -2.40. The second kappa shape index (κ2) is 9.26. The van der Waals surface area contributed by atoms with Crippen molar-refractivity contribution in [2.24, 2.45) is 10.9 Å². The number of allylic oxidation sites excluding steroid dienone is 1. The first-order chi connectivity index (χ1) is 16.1. The highest BCUT2D eigenvalue weighted by atomic mass is 32.2. The summed E-state index contributed by atoms with van der Waals surface area (Å²) in [6.07, 6.45) is 0. The van der Waals surface area contributed by atoms with Crippen LogP contribution in [0.4, 0.5) is 5.69 Å². The van der Waals surface area contributed by atoms with E-state index in [-0.39, 0.29) is 22.7 Å². The van der Waals surface area contributed by atoms with Crippen LogP contribution in [0, 0.1) is 11.3 Å². The standard InChI is InChI=1S/C22H20N4O7S/c1-32-21(28)18-17(12-6-4-3-5-7-12)14(11-23)20(24)26(19(18)22(29)33-2)15-9-8-13(10-16(15)27)34(25,30)31/h3-10,17,27H,24H2,1-2H3,(H2,25,30,31). The molecule has 1 heterocycles. The second-order valence-corrected chi connectivity index (χ2v) is 8.59. The average Bonchev–Trinajstić information content (AvgIpc) is 2.82. The number of methoxy groups -OCH3 is 2. The number of rotatable bonds is 5. The summed E-state index contributed by atoms with van der Waals surface area (Å²) < 4.78 is 33.1. The van der Waals surface area contributed by atoms with Gasteiger partial charge in [0.05, 0.1) is 47.9 Å². The maximum atomic E-state index is 13.0. The van der Waals surface area contributed by atoms with Crippen molar-refractivity contribution < 1.29 is 32.6 Å². The smallest absolute Gasteiger partial charge is 0.355 e. The van der Waals surface area contributed by atoms with Gasteiger partial charge in [0, 0.05) is 6.07 Å². The van der Waals surface area contributed by atoms with E-state index in [1.165, 1.54) is 0 Å². The zero-order chi connectivity index (χ0) is 25.2. The normalized spacial score (nSPS) is 16.2. The number of primary sulfonamides is 1. The van der Waals surface area contributed by atoms with Crippen LogP contribution in [0.25, 0.3) is 0 Å². The van der Waals surface area contributed by atoms with E-state index < -0.39 is 44.2 Å². The summed E-state index contributed by atoms with van der Waals surface area (Å²) in [5.74, 6) is -3.98. The summed E-state index contributed by atoms with van der Waals surface area (Å²) in [5.41, 5.74) is 5.78. The number of carbonyl (C=O) groups is 2. The Balaban J connectivity index is 2.42. The largest absolute Gasteiger partial charge is 0.506 e. The number of nitrogens with zero attached hydrogens (tertiary/aromatic N) is 2. The van der Waals surface area contributed by atoms with Gasteiger partial charge in [-0.25, -0.2) is 23.1 Å². The monoisotopic (exact) mass is 484 g/mol. The Bertz CT molecular complexity index is 1380. The molecule has 11 nitrogen and oxygen atoms in total. The fourth-order valence-corrected chi connectivity index (χ4v) is 4.17. The van der Waals surface area contributed by atoms with E-state index in [1.807, 2.05) is 6.07 Å². The van der Waals surface area contributed by atoms with Gasteiger partial charge < -0.3 is 20.3 Å². The van der Waals surface area contributed by atoms with E-state index in [9.17, 15) is 28.4 Å². The van der Waals surface area contributed by atoms with Crippen molar-refractivity contribution in [3.05, 3.63) is 76.8 Å². The average molecular weight is 484 g/mol. The number of phenolic OH excluding ortho intramolecular Hbond substituents is 1. The molecule has 0 radical (unpaired) electrons. The third kappa shape index (κ3) is 4.17. The highest BCUT2D eigenvalue weighted by molar-refractivity contribution is 7.89. The molecule has 0 aromatic heterocycles. The highest BCUT2D eigenvalue weighted by Gasteiger charge is 2.43. The lowest BCUT2D eigenvalue weighted by atomic mass is 9.81. The molecule has 0 saturated carbocycles. The van der Waals surface area contributed by atoms with Crippen LogP contribution in [0.2, 0.25) is 0 Å². The van der Waals surface area contributed by atoms with Gasteiger partial charge in [0.2, 0.25) is 10.0 Å². The molecule has 0 spiro atoms. The number of anilines is 1. The SMILES string of the molecule is COC(=O)C1=C(C(=O)OC)N(c2ccc(S(N)(=O)=O)cc2O)C(N)=C(C#N)C1c1ccccc1. The van der Waals surface area contributed by atoms with Gasteiger partial charge in [-0.3, -0.25) is 4.90 Å². The molecule has 0 aliphatic carbocycles. The Morgan fingerprint density at radius 1 is 1.09 bits per heavy atom. The molecule has 1 atom stereocenters. The predicted molar refractivity (Wildman–Crippen MR) is 119 cm³/mol. The van der Waals surface area contributed by atoms with E-state index in [4.69, 9.17) is 20.3 Å². The second-order valence-electron chi connectivity index (χ2n) is 7.03. The number of esters is 2. The third-order valence-electron chi connectivity index (χ3n) is 5.13. The molecule has 0 saturated heterocycles. The molecule has 12 heteroatoms. The number of hydrogen-bond donors (Lipinski definition) is 3. The van der Waals surface area contributed by atoms with E-state index >= 15 is 0 Å². The van der Waals surface area contributed by atoms with Crippen LogP contribution < -0.4 is 15.8 Å². The van der Waals surface area contributed by atoms with Gasteiger partial charge in [-0.15, -0.1) is 0 Å². The van der Waals surface area contributed by atoms with Crippen molar-refractivity contribution in [3.63, 3.8) is 0 Å². The number of aromatic hydroxyl groups is 1. The molecule has 3 rings (SSSR count). The first-order valence-electron chi connectivity index (χ1n) is 9.58. The maximum Gasteiger partial charge on any atom is 0.355 e. The van der Waals surface area contributed by atoms with E-state index in [0.29, 0.717) is 5.56 Å². The van der Waals surface area contributed by atoms with Crippen molar-refractivity contribution >= 4 is 27.6 Å². The number of nitrogens with two attached hydrogens (primary N) is 2. The molecule has 5 N–H and O–H groups in total. The molecular weight excluding hydrogens is 464 g/mol. The van der Waals surface area contributed by atoms with Crippen LogP contribution in [0.1, 0.15) is 11.5 Å². The van der Waals surface area contributed by atoms with E-state index in [0.717, 1.165) is 37.3 Å². The molecule has 0 bridgehead atoms. The number of hydrogen-bond acceptors (Lipinski definition) is 10. The molecular formula is C22H20N4O7S. The van der Waals surface area contributed by atoms with Crippen molar-refractivity contribution in [3.8, 4) is 11.8 Å². The van der Waals surface area contributed by atoms with Gasteiger partial charge in [0.15, 0.2) is 0 Å². The summed E-state index contributed by atoms with van der Waals surface area (Å²) in [7, 11) is -1.99. The van der Waals surface area contributed by atoms with Gasteiger partial charge in [-0.2, -0.15) is 5.26 Å². The molecule has 176 valence electrons. The van der Waals surface area contributed by atoms with Crippen molar-refractivity contribution in [1.82, 2.24) is 0 Å². The van der Waals surface area contributed by atoms with Crippen molar-refractivity contribution in [2.45, 2.75) is 10.8 Å². The van der Waals surface area contributed by atoms with Crippen LogP contribution in [-0.4, -0.2) is 39.7 Å². The Morgan fingerprint density at radius 2 is 1.71 bits per heavy atom. The Kier molecular flexibility index (Phi) is 6.62. The number of carbonyl (C=O) groups excluding carboxylic acids is 2. The Morgan fingerprint density at radius 3 is 2.21 bits per heavy atom. The van der Waals surface area contributed by atoms with Gasteiger partial charge >= 0.3 is 11.9 Å². The zero-order valence-electron chi connectivity index (χ0n) is 18.1. The Hall–Kier alpha value is -4.34. The van der Waals surface area contributed by atoms with Gasteiger partial charge in [0.1, 0.15) is 17.3 Å². The topological polar surface area (TPSA) is 186 Å². The van der Waals surface area contributed by atoms with Gasteiger partial charge in [-0.05, 0) is 17.7 Å². The van der Waals surface area contributed by atoms with Crippen LogP contribution in [0.15, 0.2) is 76.1 Å². The number of sulfonamides is 1. The minimum atomic E-state index is -4.16. The minimum absolute atomic E-state index is 0.117. The lowest BCUT2D eigenvalue weighted by Gasteiger charge is -2.36. The number of nitriles is 1. The highest BCUT2D eigenvalue weighted by Crippen LogP contribution is 2.45. The zero-order valence-corrected chi connectivity index (χ0v) is 18.9. The molecule has 1 unspecified atom stereocenters. The minimum Gasteiger partial charge on any atom is -0.506 e. The first-order valence-corrected chi connectivity index (χ1v) is 11.1. The van der Waals surface area contributed by atoms with Crippen LogP contribution >= 0.6 is 0 Å². The number of phenols is 1. The Labute approximate surface area is 195 Å². The lowest BCUT2D eigenvalue weighted by molar-refractivity contribution is -0.139. The van der Waals surface area contributed by atoms with Crippen LogP contribution in [-0.2, 0) is 29.1 Å². The van der Waals surface area contributed by atoms with Crippen molar-refractivity contribution in [2.75, 3.05) is 19.1 Å². The predicted octanol–water partition coefficient (Wildman–Crippen LogP) is 0.937. The van der Waals surface area contributed by atoms with Crippen LogP contribution in [0.5, 0.6) is 5.75 Å². The first kappa shape index (κ1) is 24.3. The molecule has 0 fully saturated rings. The summed E-state index contributed by atoms with van der Waals surface area (Å²) in [6, 6.07) is 13.4. The molecule has 1 aliphatic rings. The molecule has 34 heavy (non-hydrogen) atoms. The summed E-state index contributed by atoms with van der Waals surface area (Å²) >= 11 is 0. The van der Waals surface area contributed by atoms with Crippen molar-refractivity contribution in [1.29, 1.82) is 5.26 Å². The maximum absolute atomic E-state index is 13.0. The summed E-state index contributed by atoms with van der Waals surface area (Å²) in [5, 5.41) is 25.7. The molecule has 2 aromatic carbocycles. The quantitative estimate of drug-likeness (QED) is 0.515. The summed E-state index contributed by atoms with van der Waals surface area (Å²) in [6.45, 7) is 0. The van der Waals surface area contributed by atoms with E-state index in [2.05, 4.69) is 0 Å². The van der Waals surface area contributed by atoms with E-state index in [1.54, 1.807) is 30.3 Å². The van der Waals surface area contributed by atoms with Gasteiger partial charge in [-0.1, -0.05) is 30.3 Å². The molecule has 2 aromatic rings. The molecule has 0 amide bonds. The summed E-state index contributed by atoms with van der Waals surface area (Å²) in [4.78, 5) is 26.4. The van der Waals surface area contributed by atoms with Gasteiger partial charge in [0.25, 0.3) is 0 Å². The number of ether oxygens (including phenoxy) is 2. The fourth-order valence-electron chi connectivity index (χ4n) is 3.63. The number of benzene rings is 2. The van der Waals surface area contributed by atoms with Crippen LogP contribution in [0.3, 0.4) is 0 Å². The molecule has 1 aliphatic heterocycles. The fraction of sp³-hybridized carbons (Fsp3) is 0.136.